The van der Waals surface area contributed by atoms with E-state index >= 15 is 0 Å². The van der Waals surface area contributed by atoms with E-state index in [9.17, 15) is 0 Å². The summed E-state index contributed by atoms with van der Waals surface area (Å²) < 4.78 is 9.22. The average Bonchev–Trinajstić information content (AvgIpc) is 3.89. The summed E-state index contributed by atoms with van der Waals surface area (Å²) in [5.74, 6) is 0.692. The quantitative estimate of drug-likeness (QED) is 0.160. The Hall–Kier alpha value is -7.88. The number of hydrogen-bond donors (Lipinski definition) is 0. The van der Waals surface area contributed by atoms with Gasteiger partial charge in [-0.3, -0.25) is 0 Å². The van der Waals surface area contributed by atoms with Gasteiger partial charge in [0, 0.05) is 50.4 Å². The first-order valence-corrected chi connectivity index (χ1v) is 21.5. The molecule has 1 aliphatic rings. The van der Waals surface area contributed by atoms with Gasteiger partial charge in [0.2, 0.25) is 0 Å². The Morgan fingerprint density at radius 3 is 1.94 bits per heavy atom. The Labute approximate surface area is 360 Å². The molecule has 9 aromatic carbocycles. The molecule has 62 heavy (non-hydrogen) atoms. The highest BCUT2D eigenvalue weighted by Gasteiger charge is 2.24. The zero-order chi connectivity index (χ0) is 41.1. The first-order chi connectivity index (χ1) is 30.7. The molecule has 12 rings (SSSR count). The fourth-order valence-corrected chi connectivity index (χ4v) is 9.86. The molecule has 294 valence electrons. The van der Waals surface area contributed by atoms with Crippen LogP contribution >= 0.6 is 0 Å². The van der Waals surface area contributed by atoms with E-state index in [-0.39, 0.29) is 0 Å². The molecule has 2 aromatic heterocycles. The molecule has 0 radical (unpaired) electrons. The largest absolute Gasteiger partial charge is 0.455 e. The number of nitrogens with zero attached hydrogens (tertiary/aromatic N) is 2. The van der Waals surface area contributed by atoms with E-state index in [1.165, 1.54) is 32.9 Å². The van der Waals surface area contributed by atoms with Crippen LogP contribution in [0.25, 0.3) is 76.9 Å². The average molecular weight is 795 g/mol. The number of furan rings is 1. The molecule has 11 aromatic rings. The van der Waals surface area contributed by atoms with Gasteiger partial charge in [-0.15, -0.1) is 0 Å². The van der Waals surface area contributed by atoms with Gasteiger partial charge in [-0.2, -0.15) is 0 Å². The van der Waals surface area contributed by atoms with Crippen molar-refractivity contribution in [3.8, 4) is 16.8 Å². The molecule has 2 unspecified atom stereocenters. The maximum Gasteiger partial charge on any atom is 0.145 e. The summed E-state index contributed by atoms with van der Waals surface area (Å²) in [5.41, 5.74) is 14.7. The van der Waals surface area contributed by atoms with Crippen molar-refractivity contribution in [2.45, 2.75) is 12.8 Å². The van der Waals surface area contributed by atoms with E-state index in [1.54, 1.807) is 0 Å². The molecule has 3 nitrogen and oxygen atoms in total. The molecule has 0 spiro atoms. The highest BCUT2D eigenvalue weighted by molar-refractivity contribution is 6.27. The second-order valence-corrected chi connectivity index (χ2v) is 16.5. The Morgan fingerprint density at radius 1 is 0.516 bits per heavy atom. The number of hydrogen-bond acceptors (Lipinski definition) is 2. The van der Waals surface area contributed by atoms with E-state index in [4.69, 9.17) is 4.42 Å². The molecule has 0 aliphatic heterocycles. The van der Waals surface area contributed by atoms with Gasteiger partial charge in [0.1, 0.15) is 11.2 Å². The summed E-state index contributed by atoms with van der Waals surface area (Å²) in [6.45, 7) is 2.32. The molecule has 0 fully saturated rings. The van der Waals surface area contributed by atoms with Gasteiger partial charge >= 0.3 is 0 Å². The molecule has 0 saturated carbocycles. The molecule has 0 saturated heterocycles. The van der Waals surface area contributed by atoms with E-state index in [0.29, 0.717) is 11.8 Å². The van der Waals surface area contributed by atoms with Crippen molar-refractivity contribution in [1.29, 1.82) is 0 Å². The van der Waals surface area contributed by atoms with Crippen LogP contribution < -0.4 is 4.90 Å². The lowest BCUT2D eigenvalue weighted by molar-refractivity contribution is 0.638. The molecule has 3 heteroatoms. The van der Waals surface area contributed by atoms with Crippen LogP contribution in [0.1, 0.15) is 24.0 Å². The summed E-state index contributed by atoms with van der Waals surface area (Å²) in [4.78, 5) is 2.36. The van der Waals surface area contributed by atoms with Gasteiger partial charge in [0.15, 0.2) is 0 Å². The van der Waals surface area contributed by atoms with Crippen LogP contribution in [0.3, 0.4) is 0 Å². The Bertz CT molecular complexity index is 3520. The first kappa shape index (κ1) is 36.0. The summed E-state index contributed by atoms with van der Waals surface area (Å²) in [6, 6.07) is 74.5. The van der Waals surface area contributed by atoms with Crippen molar-refractivity contribution in [3.05, 3.63) is 236 Å². The summed E-state index contributed by atoms with van der Waals surface area (Å²) >= 11 is 0. The number of aromatic nitrogens is 1. The summed E-state index contributed by atoms with van der Waals surface area (Å²) in [6.07, 6.45) is 7.07. The van der Waals surface area contributed by atoms with Crippen LogP contribution in [0.2, 0.25) is 0 Å². The monoisotopic (exact) mass is 794 g/mol. The van der Waals surface area contributed by atoms with Crippen LogP contribution in [0.5, 0.6) is 0 Å². The number of benzene rings is 9. The highest BCUT2D eigenvalue weighted by Crippen LogP contribution is 2.46. The minimum absolute atomic E-state index is 0.313. The standard InChI is InChI=1S/C59H42N2O/c1-39-36-45(40-14-4-2-5-15-40)29-35-50(39)42-25-30-47(31-26-42)60(46-18-6-3-7-19-46)48-32-27-43(28-33-48)53-38-54-51-20-11-13-23-56(51)62-59(54)57-52-21-10-12-22-55(52)61(58(53)57)49-34-24-41-16-8-9-17-44(41)37-49/h2-39,50H,1H3. The highest BCUT2D eigenvalue weighted by atomic mass is 16.3. The van der Waals surface area contributed by atoms with Gasteiger partial charge in [-0.05, 0) is 106 Å². The number of para-hydroxylation sites is 3. The molecule has 0 bridgehead atoms. The van der Waals surface area contributed by atoms with E-state index in [2.05, 4.69) is 241 Å². The molecule has 1 aliphatic carbocycles. The third-order valence-corrected chi connectivity index (χ3v) is 12.9. The fraction of sp³-hybridized carbons (Fsp3) is 0.0508. The molecular weight excluding hydrogens is 753 g/mol. The maximum atomic E-state index is 6.78. The van der Waals surface area contributed by atoms with Crippen LogP contribution in [0.4, 0.5) is 17.1 Å². The Kier molecular flexibility index (Phi) is 8.53. The lowest BCUT2D eigenvalue weighted by Crippen LogP contribution is -2.11. The third-order valence-electron chi connectivity index (χ3n) is 12.9. The van der Waals surface area contributed by atoms with Crippen LogP contribution in [0, 0.1) is 5.92 Å². The molecule has 2 atom stereocenters. The molecule has 0 N–H and O–H groups in total. The lowest BCUT2D eigenvalue weighted by Gasteiger charge is -2.27. The number of rotatable bonds is 7. The minimum atomic E-state index is 0.313. The van der Waals surface area contributed by atoms with E-state index in [0.717, 1.165) is 72.2 Å². The normalized spacial score (nSPS) is 15.2. The van der Waals surface area contributed by atoms with Gasteiger partial charge in [-0.1, -0.05) is 165 Å². The lowest BCUT2D eigenvalue weighted by atomic mass is 9.81. The van der Waals surface area contributed by atoms with Crippen molar-refractivity contribution in [2.24, 2.45) is 5.92 Å². The second kappa shape index (κ2) is 14.7. The van der Waals surface area contributed by atoms with Crippen molar-refractivity contribution < 1.29 is 4.42 Å². The molecular formula is C59H42N2O. The van der Waals surface area contributed by atoms with Gasteiger partial charge in [0.05, 0.1) is 16.4 Å². The number of fused-ring (bicyclic) bond motifs is 8. The van der Waals surface area contributed by atoms with Gasteiger partial charge < -0.3 is 13.9 Å². The third kappa shape index (κ3) is 5.96. The summed E-state index contributed by atoms with van der Waals surface area (Å²) in [5, 5.41) is 6.96. The predicted molar refractivity (Wildman–Crippen MR) is 261 cm³/mol. The van der Waals surface area contributed by atoms with E-state index in [1.807, 2.05) is 0 Å². The predicted octanol–water partition coefficient (Wildman–Crippen LogP) is 16.3. The van der Waals surface area contributed by atoms with E-state index < -0.39 is 0 Å². The summed E-state index contributed by atoms with van der Waals surface area (Å²) in [7, 11) is 0. The molecule has 0 amide bonds. The van der Waals surface area contributed by atoms with Crippen LogP contribution in [-0.4, -0.2) is 4.57 Å². The maximum absolute atomic E-state index is 6.78. The van der Waals surface area contributed by atoms with Crippen molar-refractivity contribution >= 4 is 77.2 Å². The van der Waals surface area contributed by atoms with Crippen LogP contribution in [0.15, 0.2) is 229 Å². The van der Waals surface area contributed by atoms with Gasteiger partial charge in [0.25, 0.3) is 0 Å². The van der Waals surface area contributed by atoms with Crippen molar-refractivity contribution in [2.75, 3.05) is 4.90 Å². The zero-order valence-corrected chi connectivity index (χ0v) is 34.3. The second-order valence-electron chi connectivity index (χ2n) is 16.5. The van der Waals surface area contributed by atoms with Crippen molar-refractivity contribution in [1.82, 2.24) is 4.57 Å². The SMILES string of the molecule is CC1C=C(c2ccccc2)C=CC1c1ccc(N(c2ccccc2)c2ccc(-c3cc4c5ccccc5oc4c4c5ccccc5n(-c5ccc6ccccc6c5)c34)cc2)cc1. The fourth-order valence-electron chi connectivity index (χ4n) is 9.86. The number of allylic oxidation sites excluding steroid dienone is 4. The minimum Gasteiger partial charge on any atom is -0.455 e. The Balaban J connectivity index is 0.988. The molecule has 2 heterocycles. The smallest absolute Gasteiger partial charge is 0.145 e. The first-order valence-electron chi connectivity index (χ1n) is 21.5. The Morgan fingerprint density at radius 2 is 1.16 bits per heavy atom. The number of anilines is 3. The van der Waals surface area contributed by atoms with Gasteiger partial charge in [-0.25, -0.2) is 0 Å². The van der Waals surface area contributed by atoms with Crippen LogP contribution in [-0.2, 0) is 0 Å². The van der Waals surface area contributed by atoms with Crippen molar-refractivity contribution in [3.63, 3.8) is 0 Å². The topological polar surface area (TPSA) is 21.3 Å². The zero-order valence-electron chi connectivity index (χ0n) is 34.3.